The molecule has 12 nitrogen and oxygen atoms in total. The molecule has 0 unspecified atom stereocenters. The first-order valence-corrected chi connectivity index (χ1v) is 38.6. The van der Waals surface area contributed by atoms with Gasteiger partial charge in [-0.1, -0.05) is 225 Å². The number of azide groups is 2. The highest BCUT2D eigenvalue weighted by Gasteiger charge is 2.32. The van der Waals surface area contributed by atoms with Crippen molar-refractivity contribution >= 4 is 129 Å². The smallest absolute Gasteiger partial charge is 0.119 e. The number of rotatable bonds is 44. The van der Waals surface area contributed by atoms with E-state index in [9.17, 15) is 0 Å². The molecule has 0 aliphatic carbocycles. The number of hydrogen-bond acceptors (Lipinski definition) is 8. The lowest BCUT2D eigenvalue weighted by Gasteiger charge is -2.30. The van der Waals surface area contributed by atoms with Gasteiger partial charge in [0, 0.05) is 22.9 Å². The third kappa shape index (κ3) is 13.8. The van der Waals surface area contributed by atoms with E-state index < -0.39 is 0 Å². The van der Waals surface area contributed by atoms with Crippen LogP contribution < -0.4 is 9.47 Å². The second-order valence-corrected chi connectivity index (χ2v) is 28.7. The number of ether oxygens (including phenoxy) is 6. The SMILES string of the molecule is CCCCCCCCCCCCc1cc2c3cccc4c5cc(-c6ccc(OCCOCCOCCN=[N+]=[N-])cc6)cc6c7cc(-c8ccc(OCCOCCOCCN=[N+]=[N-])cc8)cc8c9cccc%10c%11cc(CCCCCCCCCCCC)cc%12c(c1)c2c1c(c34)c(c56)c(c87)c(c%109)c1c%11%12. The van der Waals surface area contributed by atoms with E-state index in [1.807, 2.05) is 0 Å². The van der Waals surface area contributed by atoms with Gasteiger partial charge in [-0.25, -0.2) is 0 Å². The molecule has 522 valence electrons. The number of nitrogens with zero attached hydrogens (tertiary/aromatic N) is 6. The largest absolute Gasteiger partial charge is 0.491 e. The van der Waals surface area contributed by atoms with Gasteiger partial charge in [-0.2, -0.15) is 0 Å². The number of unbranched alkanes of at least 4 members (excludes halogenated alkanes) is 18. The van der Waals surface area contributed by atoms with Gasteiger partial charge in [0.05, 0.1) is 52.9 Å². The van der Waals surface area contributed by atoms with Crippen molar-refractivity contribution in [3.05, 3.63) is 165 Å². The van der Waals surface area contributed by atoms with E-state index in [4.69, 9.17) is 39.5 Å². The molecular weight excluding hydrogens is 1260 g/mol. The topological polar surface area (TPSA) is 153 Å². The normalized spacial score (nSPS) is 12.3. The molecule has 15 aromatic rings. The fourth-order valence-corrected chi connectivity index (χ4v) is 17.4. The number of fused-ring (bicyclic) bond motifs is 6. The van der Waals surface area contributed by atoms with Gasteiger partial charge >= 0.3 is 0 Å². The summed E-state index contributed by atoms with van der Waals surface area (Å²) < 4.78 is 35.2. The van der Waals surface area contributed by atoms with Gasteiger partial charge in [0.25, 0.3) is 0 Å². The molecule has 0 radical (unpaired) electrons. The first-order valence-electron chi connectivity index (χ1n) is 38.6. The van der Waals surface area contributed by atoms with Gasteiger partial charge in [0.1, 0.15) is 24.7 Å². The summed E-state index contributed by atoms with van der Waals surface area (Å²) in [6, 6.07) is 52.3. The fourth-order valence-electron chi connectivity index (χ4n) is 17.4. The Bertz CT molecular complexity index is 5040. The van der Waals surface area contributed by atoms with Crippen molar-refractivity contribution in [1.29, 1.82) is 0 Å². The van der Waals surface area contributed by atoms with Crippen LogP contribution in [0.4, 0.5) is 0 Å². The second kappa shape index (κ2) is 32.6. The molecule has 0 bridgehead atoms. The molecule has 0 aliphatic heterocycles. The Hall–Kier alpha value is -8.96. The molecule has 0 atom stereocenters. The van der Waals surface area contributed by atoms with Crippen LogP contribution >= 0.6 is 0 Å². The highest BCUT2D eigenvalue weighted by atomic mass is 16.5. The maximum absolute atomic E-state index is 8.57. The van der Waals surface area contributed by atoms with Crippen LogP contribution in [-0.4, -0.2) is 79.2 Å². The van der Waals surface area contributed by atoms with Crippen LogP contribution in [0, 0.1) is 0 Å². The molecule has 0 amide bonds. The third-order valence-corrected chi connectivity index (χ3v) is 22.1. The van der Waals surface area contributed by atoms with Crippen molar-refractivity contribution in [2.24, 2.45) is 10.2 Å². The molecule has 102 heavy (non-hydrogen) atoms. The van der Waals surface area contributed by atoms with Gasteiger partial charge in [-0.05, 0) is 248 Å². The minimum absolute atomic E-state index is 0.305. The summed E-state index contributed by atoms with van der Waals surface area (Å²) in [5, 5.41) is 39.9. The van der Waals surface area contributed by atoms with E-state index in [1.165, 1.54) is 269 Å². The Morgan fingerprint density at radius 1 is 0.265 bits per heavy atom. The van der Waals surface area contributed by atoms with E-state index in [2.05, 4.69) is 167 Å². The summed E-state index contributed by atoms with van der Waals surface area (Å²) in [5.74, 6) is 1.57. The lowest BCUT2D eigenvalue weighted by Crippen LogP contribution is -2.11. The van der Waals surface area contributed by atoms with Gasteiger partial charge in [-0.3, -0.25) is 0 Å². The van der Waals surface area contributed by atoms with Crippen molar-refractivity contribution in [3.8, 4) is 33.8 Å². The maximum Gasteiger partial charge on any atom is 0.119 e. The predicted octanol–water partition coefficient (Wildman–Crippen LogP) is 25.9. The van der Waals surface area contributed by atoms with Crippen LogP contribution in [-0.2, 0) is 31.8 Å². The van der Waals surface area contributed by atoms with Gasteiger partial charge in [0.2, 0.25) is 0 Å². The Kier molecular flexibility index (Phi) is 22.0. The van der Waals surface area contributed by atoms with Crippen molar-refractivity contribution < 1.29 is 28.4 Å². The standard InChI is InChI=1S/C90H96N6O6/c1-3-5-7-9-11-13-15-17-19-21-25-59-51-71-67-27-23-29-69-75-55-63(61-31-35-65(36-32-61)101-49-47-99-45-43-97-41-39-93-95-91)57-77-78-58-64(62-33-37-66(38-34-62)102-50-48-100-46-44-98-42-40-94-96-92)56-76-70-30-24-28-68-72-52-60(26-22-20-18-16-14-12-10-8-6-4-2)54-74-73(53-59)81(71)87-85(79(67)69)89(83(75)77)90(84(76)78)86(80(68)70)88(87)82(72)74/h23-24,27-38,51-58H,3-22,25-26,39-50H2,1-2H3. The van der Waals surface area contributed by atoms with Crippen molar-refractivity contribution in [2.75, 3.05) is 79.2 Å². The molecule has 0 spiro atoms. The molecular formula is C90H96N6O6. The van der Waals surface area contributed by atoms with E-state index >= 15 is 0 Å². The number of hydrogen-bond donors (Lipinski definition) is 0. The number of benzene rings is 15. The van der Waals surface area contributed by atoms with Crippen LogP contribution in [0.1, 0.15) is 153 Å². The molecule has 0 saturated heterocycles. The Balaban J connectivity index is 0.885. The van der Waals surface area contributed by atoms with E-state index in [0.29, 0.717) is 79.2 Å². The predicted molar refractivity (Wildman–Crippen MR) is 428 cm³/mol. The molecule has 0 saturated carbocycles. The third-order valence-electron chi connectivity index (χ3n) is 22.1. The first-order chi connectivity index (χ1) is 50.6. The molecule has 0 aromatic heterocycles. The Morgan fingerprint density at radius 2 is 0.529 bits per heavy atom. The monoisotopic (exact) mass is 1360 g/mol. The maximum atomic E-state index is 8.57. The molecule has 0 N–H and O–H groups in total. The summed E-state index contributed by atoms with van der Waals surface area (Å²) in [5.41, 5.74) is 24.6. The summed E-state index contributed by atoms with van der Waals surface area (Å²) >= 11 is 0. The van der Waals surface area contributed by atoms with Gasteiger partial charge in [0.15, 0.2) is 0 Å². The average Bonchev–Trinajstić information content (AvgIpc) is 0.644. The Labute approximate surface area is 598 Å². The van der Waals surface area contributed by atoms with E-state index in [-0.39, 0.29) is 0 Å². The summed E-state index contributed by atoms with van der Waals surface area (Å²) in [4.78, 5) is 5.58. The van der Waals surface area contributed by atoms with Crippen molar-refractivity contribution in [3.63, 3.8) is 0 Å². The van der Waals surface area contributed by atoms with Crippen LogP contribution in [0.15, 0.2) is 144 Å². The molecule has 0 heterocycles. The quantitative estimate of drug-likeness (QED) is 0.00925. The highest BCUT2D eigenvalue weighted by Crippen LogP contribution is 2.61. The molecule has 15 rings (SSSR count). The average molecular weight is 1360 g/mol. The first kappa shape index (κ1) is 68.8. The zero-order chi connectivity index (χ0) is 69.1. The van der Waals surface area contributed by atoms with Crippen molar-refractivity contribution in [2.45, 2.75) is 155 Å². The zero-order valence-corrected chi connectivity index (χ0v) is 59.9. The van der Waals surface area contributed by atoms with Crippen LogP contribution in [0.5, 0.6) is 11.5 Å². The van der Waals surface area contributed by atoms with E-state index in [1.54, 1.807) is 0 Å². The van der Waals surface area contributed by atoms with Crippen LogP contribution in [0.3, 0.4) is 0 Å². The molecule has 0 aliphatic rings. The van der Waals surface area contributed by atoms with Crippen molar-refractivity contribution in [1.82, 2.24) is 0 Å². The molecule has 15 aromatic carbocycles. The minimum atomic E-state index is 0.305. The fraction of sp³-hybridized carbons (Fsp3) is 0.400. The molecule has 0 fully saturated rings. The highest BCUT2D eigenvalue weighted by molar-refractivity contribution is 6.61. The summed E-state index contributed by atoms with van der Waals surface area (Å²) in [6.45, 7) is 9.35. The van der Waals surface area contributed by atoms with E-state index in [0.717, 1.165) is 46.6 Å². The van der Waals surface area contributed by atoms with Gasteiger partial charge < -0.3 is 28.4 Å². The second-order valence-electron chi connectivity index (χ2n) is 28.7. The van der Waals surface area contributed by atoms with Gasteiger partial charge in [-0.15, -0.1) is 0 Å². The molecule has 12 heteroatoms. The lowest BCUT2D eigenvalue weighted by atomic mass is 9.72. The minimum Gasteiger partial charge on any atom is -0.491 e. The zero-order valence-electron chi connectivity index (χ0n) is 59.9. The van der Waals surface area contributed by atoms with Crippen LogP contribution in [0.25, 0.3) is 172 Å². The summed E-state index contributed by atoms with van der Waals surface area (Å²) in [6.07, 6.45) is 28.7. The van der Waals surface area contributed by atoms with Crippen LogP contribution in [0.2, 0.25) is 0 Å². The Morgan fingerprint density at radius 3 is 0.853 bits per heavy atom. The summed E-state index contributed by atoms with van der Waals surface area (Å²) in [7, 11) is 0. The number of aryl methyl sites for hydroxylation is 2. The lowest BCUT2D eigenvalue weighted by molar-refractivity contribution is 0.0388.